The van der Waals surface area contributed by atoms with Crippen LogP contribution < -0.4 is 10.6 Å². The summed E-state index contributed by atoms with van der Waals surface area (Å²) in [7, 11) is 0. The van der Waals surface area contributed by atoms with Crippen LogP contribution in [0.4, 0.5) is 10.1 Å². The Kier molecular flexibility index (Phi) is 5.10. The first-order valence-electron chi connectivity index (χ1n) is 6.27. The highest BCUT2D eigenvalue weighted by molar-refractivity contribution is 8.15. The highest BCUT2D eigenvalue weighted by atomic mass is 32.2. The number of amides is 2. The van der Waals surface area contributed by atoms with Gasteiger partial charge in [0.1, 0.15) is 11.1 Å². The molecule has 2 rings (SSSR count). The van der Waals surface area contributed by atoms with Gasteiger partial charge in [-0.1, -0.05) is 30.0 Å². The third-order valence-corrected chi connectivity index (χ3v) is 3.78. The Morgan fingerprint density at radius 1 is 1.52 bits per heavy atom. The zero-order valence-electron chi connectivity index (χ0n) is 11.1. The Labute approximate surface area is 125 Å². The predicted molar refractivity (Wildman–Crippen MR) is 81.7 cm³/mol. The average Bonchev–Trinajstić information content (AvgIpc) is 2.79. The number of aliphatic imine (C=N–C) groups is 1. The van der Waals surface area contributed by atoms with Crippen molar-refractivity contribution in [2.45, 2.75) is 11.7 Å². The molecule has 5 nitrogen and oxygen atoms in total. The standard InChI is InChI=1S/C14H14FN3O2S/c1-2-7-16-14-18-13(20)11(21-14)8-12(19)17-10-6-4-3-5-9(10)15/h2-6,11H,1,7-8H2,(H,17,19)(H,16,18,20)/t11-/m0/s1. The number of nitrogens with one attached hydrogen (secondary N) is 2. The van der Waals surface area contributed by atoms with Gasteiger partial charge in [-0.3, -0.25) is 14.6 Å². The summed E-state index contributed by atoms with van der Waals surface area (Å²) in [6.45, 7) is 3.93. The van der Waals surface area contributed by atoms with Crippen molar-refractivity contribution in [1.29, 1.82) is 0 Å². The third-order valence-electron chi connectivity index (χ3n) is 2.66. The second-order valence-corrected chi connectivity index (χ2v) is 5.45. The molecule has 1 heterocycles. The molecule has 1 atom stereocenters. The minimum atomic E-state index is -0.555. The lowest BCUT2D eigenvalue weighted by Crippen LogP contribution is -2.28. The van der Waals surface area contributed by atoms with E-state index in [-0.39, 0.29) is 18.0 Å². The van der Waals surface area contributed by atoms with Gasteiger partial charge in [0.15, 0.2) is 5.17 Å². The van der Waals surface area contributed by atoms with Crippen LogP contribution in [0.3, 0.4) is 0 Å². The number of hydrogen-bond donors (Lipinski definition) is 2. The molecule has 0 aromatic heterocycles. The molecule has 2 N–H and O–H groups in total. The number of halogens is 1. The molecular formula is C14H14FN3O2S. The van der Waals surface area contributed by atoms with Crippen LogP contribution in [0, 0.1) is 5.82 Å². The molecule has 0 unspecified atom stereocenters. The van der Waals surface area contributed by atoms with Gasteiger partial charge in [-0.25, -0.2) is 4.39 Å². The minimum absolute atomic E-state index is 0.0437. The van der Waals surface area contributed by atoms with Crippen LogP contribution >= 0.6 is 11.8 Å². The van der Waals surface area contributed by atoms with E-state index in [1.54, 1.807) is 12.1 Å². The van der Waals surface area contributed by atoms with Gasteiger partial charge in [0.05, 0.1) is 12.2 Å². The first kappa shape index (κ1) is 15.2. The second kappa shape index (κ2) is 7.03. The Morgan fingerprint density at radius 3 is 3.00 bits per heavy atom. The Morgan fingerprint density at radius 2 is 2.29 bits per heavy atom. The van der Waals surface area contributed by atoms with Crippen LogP contribution in [-0.2, 0) is 9.59 Å². The molecule has 0 saturated carbocycles. The zero-order chi connectivity index (χ0) is 15.2. The number of hydrogen-bond acceptors (Lipinski definition) is 4. The van der Waals surface area contributed by atoms with Crippen LogP contribution in [0.15, 0.2) is 41.9 Å². The molecule has 2 amide bonds. The van der Waals surface area contributed by atoms with Crippen molar-refractivity contribution in [3.8, 4) is 0 Å². The first-order chi connectivity index (χ1) is 10.1. The van der Waals surface area contributed by atoms with Gasteiger partial charge in [0.25, 0.3) is 0 Å². The van der Waals surface area contributed by atoms with Crippen molar-refractivity contribution >= 4 is 34.4 Å². The molecular weight excluding hydrogens is 293 g/mol. The maximum atomic E-state index is 13.4. The highest BCUT2D eigenvalue weighted by Crippen LogP contribution is 2.23. The predicted octanol–water partition coefficient (Wildman–Crippen LogP) is 1.93. The van der Waals surface area contributed by atoms with E-state index in [4.69, 9.17) is 0 Å². The van der Waals surface area contributed by atoms with Gasteiger partial charge >= 0.3 is 0 Å². The SMILES string of the molecule is C=CCN=C1NC(=O)[C@H](CC(=O)Nc2ccccc2F)S1. The normalized spacial score (nSPS) is 19.4. The number of carbonyl (C=O) groups excluding carboxylic acids is 2. The molecule has 1 aliphatic heterocycles. The van der Waals surface area contributed by atoms with E-state index in [1.807, 2.05) is 0 Å². The number of rotatable bonds is 5. The molecule has 0 radical (unpaired) electrons. The molecule has 0 spiro atoms. The van der Waals surface area contributed by atoms with Crippen LogP contribution in [0.1, 0.15) is 6.42 Å². The Bertz CT molecular complexity index is 604. The van der Waals surface area contributed by atoms with Crippen LogP contribution in [0.5, 0.6) is 0 Å². The van der Waals surface area contributed by atoms with Gasteiger partial charge in [0.2, 0.25) is 11.8 Å². The summed E-state index contributed by atoms with van der Waals surface area (Å²) in [5.74, 6) is -1.20. The summed E-state index contributed by atoms with van der Waals surface area (Å²) in [6, 6.07) is 5.88. The van der Waals surface area contributed by atoms with E-state index in [0.29, 0.717) is 11.7 Å². The monoisotopic (exact) mass is 307 g/mol. The lowest BCUT2D eigenvalue weighted by Gasteiger charge is -2.07. The molecule has 7 heteroatoms. The van der Waals surface area contributed by atoms with Crippen molar-refractivity contribution in [3.05, 3.63) is 42.7 Å². The van der Waals surface area contributed by atoms with E-state index in [2.05, 4.69) is 22.2 Å². The molecule has 1 saturated heterocycles. The molecule has 1 aromatic carbocycles. The minimum Gasteiger partial charge on any atom is -0.324 e. The number of carbonyl (C=O) groups is 2. The second-order valence-electron chi connectivity index (χ2n) is 4.26. The Balaban J connectivity index is 1.93. The van der Waals surface area contributed by atoms with Crippen molar-refractivity contribution in [2.24, 2.45) is 4.99 Å². The molecule has 21 heavy (non-hydrogen) atoms. The number of anilines is 1. The highest BCUT2D eigenvalue weighted by Gasteiger charge is 2.31. The van der Waals surface area contributed by atoms with E-state index >= 15 is 0 Å². The van der Waals surface area contributed by atoms with Gasteiger partial charge in [-0.2, -0.15) is 0 Å². The Hall–Kier alpha value is -2.15. The van der Waals surface area contributed by atoms with Crippen LogP contribution in [0.2, 0.25) is 0 Å². The summed E-state index contributed by atoms with van der Waals surface area (Å²) in [5.41, 5.74) is 0.103. The van der Waals surface area contributed by atoms with E-state index in [0.717, 1.165) is 0 Å². The van der Waals surface area contributed by atoms with Gasteiger partial charge in [-0.15, -0.1) is 6.58 Å². The summed E-state index contributed by atoms with van der Waals surface area (Å²) < 4.78 is 13.4. The summed E-state index contributed by atoms with van der Waals surface area (Å²) in [6.07, 6.45) is 1.57. The summed E-state index contributed by atoms with van der Waals surface area (Å²) >= 11 is 1.19. The van der Waals surface area contributed by atoms with E-state index in [9.17, 15) is 14.0 Å². The van der Waals surface area contributed by atoms with Crippen molar-refractivity contribution < 1.29 is 14.0 Å². The number of nitrogens with zero attached hydrogens (tertiary/aromatic N) is 1. The van der Waals surface area contributed by atoms with Gasteiger partial charge in [0, 0.05) is 6.42 Å². The number of benzene rings is 1. The first-order valence-corrected chi connectivity index (χ1v) is 7.15. The van der Waals surface area contributed by atoms with Gasteiger partial charge < -0.3 is 10.6 Å². The molecule has 1 aliphatic rings. The lowest BCUT2D eigenvalue weighted by atomic mass is 10.2. The number of amidine groups is 1. The van der Waals surface area contributed by atoms with Crippen LogP contribution in [-0.4, -0.2) is 28.8 Å². The maximum Gasteiger partial charge on any atom is 0.240 e. The van der Waals surface area contributed by atoms with Crippen molar-refractivity contribution in [3.63, 3.8) is 0 Å². The zero-order valence-corrected chi connectivity index (χ0v) is 12.0. The fourth-order valence-electron chi connectivity index (χ4n) is 1.69. The van der Waals surface area contributed by atoms with Crippen molar-refractivity contribution in [2.75, 3.05) is 11.9 Å². The summed E-state index contributed by atoms with van der Waals surface area (Å²) in [5, 5.41) is 4.96. The molecule has 1 aromatic rings. The largest absolute Gasteiger partial charge is 0.324 e. The van der Waals surface area contributed by atoms with E-state index in [1.165, 1.54) is 30.0 Å². The van der Waals surface area contributed by atoms with Crippen LogP contribution in [0.25, 0.3) is 0 Å². The topological polar surface area (TPSA) is 70.6 Å². The number of thioether (sulfide) groups is 1. The quantitative estimate of drug-likeness (QED) is 0.817. The third kappa shape index (κ3) is 4.16. The van der Waals surface area contributed by atoms with Gasteiger partial charge in [-0.05, 0) is 12.1 Å². The molecule has 0 bridgehead atoms. The number of para-hydroxylation sites is 1. The molecule has 1 fully saturated rings. The lowest BCUT2D eigenvalue weighted by molar-refractivity contribution is -0.122. The molecule has 0 aliphatic carbocycles. The van der Waals surface area contributed by atoms with E-state index < -0.39 is 17.0 Å². The smallest absolute Gasteiger partial charge is 0.240 e. The summed E-state index contributed by atoms with van der Waals surface area (Å²) in [4.78, 5) is 27.7. The maximum absolute atomic E-state index is 13.4. The fourth-order valence-corrected chi connectivity index (χ4v) is 2.67. The molecule has 110 valence electrons. The fraction of sp³-hybridized carbons (Fsp3) is 0.214. The van der Waals surface area contributed by atoms with Crippen molar-refractivity contribution in [1.82, 2.24) is 5.32 Å². The average molecular weight is 307 g/mol.